The number of piperidine rings is 1. The molecule has 1 aromatic heterocycles. The van der Waals surface area contributed by atoms with Crippen LogP contribution in [0.3, 0.4) is 0 Å². The van der Waals surface area contributed by atoms with Crippen molar-refractivity contribution in [1.82, 2.24) is 24.5 Å². The Labute approximate surface area is 114 Å². The van der Waals surface area contributed by atoms with E-state index in [0.717, 1.165) is 31.5 Å². The van der Waals surface area contributed by atoms with E-state index in [1.54, 1.807) is 4.31 Å². The average Bonchev–Trinajstić information content (AvgIpc) is 2.77. The fraction of sp³-hybridized carbons (Fsp3) is 0.909. The second kappa shape index (κ2) is 5.96. The van der Waals surface area contributed by atoms with Crippen LogP contribution in [0.4, 0.5) is 0 Å². The molecule has 1 aliphatic rings. The van der Waals surface area contributed by atoms with Crippen molar-refractivity contribution in [1.29, 1.82) is 0 Å². The fourth-order valence-electron chi connectivity index (χ4n) is 2.49. The number of hydrogen-bond donors (Lipinski definition) is 0. The molecule has 1 fully saturated rings. The van der Waals surface area contributed by atoms with Crippen molar-refractivity contribution in [2.45, 2.75) is 39.2 Å². The maximum absolute atomic E-state index is 11.6. The van der Waals surface area contributed by atoms with Gasteiger partial charge in [-0.15, -0.1) is 5.10 Å². The molecule has 0 aromatic carbocycles. The van der Waals surface area contributed by atoms with Crippen molar-refractivity contribution in [3.63, 3.8) is 0 Å². The monoisotopic (exact) mass is 287 g/mol. The highest BCUT2D eigenvalue weighted by Gasteiger charge is 2.26. The molecule has 1 unspecified atom stereocenters. The van der Waals surface area contributed by atoms with Crippen molar-refractivity contribution in [3.05, 3.63) is 5.82 Å². The molecule has 1 aromatic rings. The van der Waals surface area contributed by atoms with Crippen LogP contribution in [0.15, 0.2) is 0 Å². The van der Waals surface area contributed by atoms with Gasteiger partial charge in [0, 0.05) is 26.1 Å². The zero-order valence-electron chi connectivity index (χ0n) is 11.5. The van der Waals surface area contributed by atoms with E-state index in [1.807, 2.05) is 4.68 Å². The second-order valence-corrected chi connectivity index (χ2v) is 7.14. The molecule has 0 radical (unpaired) electrons. The molecular weight excluding hydrogens is 266 g/mol. The Hall–Kier alpha value is -1.02. The minimum atomic E-state index is -3.09. The van der Waals surface area contributed by atoms with Gasteiger partial charge in [0.1, 0.15) is 0 Å². The van der Waals surface area contributed by atoms with Gasteiger partial charge < -0.3 is 0 Å². The Morgan fingerprint density at radius 1 is 1.42 bits per heavy atom. The smallest absolute Gasteiger partial charge is 0.211 e. The third-order valence-electron chi connectivity index (χ3n) is 3.46. The summed E-state index contributed by atoms with van der Waals surface area (Å²) in [7, 11) is -3.09. The third-order valence-corrected chi connectivity index (χ3v) is 4.73. The van der Waals surface area contributed by atoms with Crippen LogP contribution < -0.4 is 0 Å². The lowest BCUT2D eigenvalue weighted by Gasteiger charge is -2.30. The van der Waals surface area contributed by atoms with E-state index in [9.17, 15) is 8.42 Å². The SMILES string of the molecule is CCCc1nnnn1CC1CCCN(S(C)(=O)=O)C1. The van der Waals surface area contributed by atoms with E-state index in [1.165, 1.54) is 6.26 Å². The molecular formula is C11H21N5O2S. The first-order valence-electron chi connectivity index (χ1n) is 6.71. The summed E-state index contributed by atoms with van der Waals surface area (Å²) < 4.78 is 26.5. The van der Waals surface area contributed by atoms with E-state index in [2.05, 4.69) is 22.4 Å². The normalized spacial score (nSPS) is 21.7. The van der Waals surface area contributed by atoms with Crippen molar-refractivity contribution >= 4 is 10.0 Å². The Kier molecular flexibility index (Phi) is 4.51. The molecule has 1 atom stereocenters. The summed E-state index contributed by atoms with van der Waals surface area (Å²) in [6.45, 7) is 4.00. The van der Waals surface area contributed by atoms with E-state index >= 15 is 0 Å². The van der Waals surface area contributed by atoms with Gasteiger partial charge in [0.05, 0.1) is 6.26 Å². The molecule has 2 rings (SSSR count). The summed E-state index contributed by atoms with van der Waals surface area (Å²) in [4.78, 5) is 0. The number of rotatable bonds is 5. The van der Waals surface area contributed by atoms with Crippen LogP contribution in [0.5, 0.6) is 0 Å². The van der Waals surface area contributed by atoms with Crippen molar-refractivity contribution in [2.75, 3.05) is 19.3 Å². The molecule has 1 aliphatic heterocycles. The number of hydrogen-bond acceptors (Lipinski definition) is 5. The van der Waals surface area contributed by atoms with Gasteiger partial charge in [-0.1, -0.05) is 6.92 Å². The molecule has 1 saturated heterocycles. The molecule has 0 spiro atoms. The van der Waals surface area contributed by atoms with Crippen LogP contribution in [0, 0.1) is 5.92 Å². The van der Waals surface area contributed by atoms with Crippen LogP contribution in [0.25, 0.3) is 0 Å². The van der Waals surface area contributed by atoms with E-state index in [0.29, 0.717) is 25.6 Å². The predicted molar refractivity (Wildman–Crippen MR) is 71.0 cm³/mol. The van der Waals surface area contributed by atoms with Crippen LogP contribution in [0.2, 0.25) is 0 Å². The lowest BCUT2D eigenvalue weighted by molar-refractivity contribution is 0.237. The lowest BCUT2D eigenvalue weighted by Crippen LogP contribution is -2.40. The summed E-state index contributed by atoms with van der Waals surface area (Å²) in [6, 6.07) is 0. The molecule has 0 aliphatic carbocycles. The van der Waals surface area contributed by atoms with Gasteiger partial charge in [-0.2, -0.15) is 0 Å². The summed E-state index contributed by atoms with van der Waals surface area (Å²) in [5.74, 6) is 1.18. The van der Waals surface area contributed by atoms with E-state index in [-0.39, 0.29) is 0 Å². The molecule has 0 amide bonds. The standard InChI is InChI=1S/C11H21N5O2S/c1-3-5-11-12-13-14-16(11)9-10-6-4-7-15(8-10)19(2,17)18/h10H,3-9H2,1-2H3. The molecule has 0 bridgehead atoms. The number of aryl methyl sites for hydroxylation is 1. The van der Waals surface area contributed by atoms with E-state index in [4.69, 9.17) is 0 Å². The highest BCUT2D eigenvalue weighted by atomic mass is 32.2. The molecule has 7 nitrogen and oxygen atoms in total. The lowest BCUT2D eigenvalue weighted by atomic mass is 10.00. The van der Waals surface area contributed by atoms with Crippen LogP contribution in [-0.4, -0.2) is 52.3 Å². The van der Waals surface area contributed by atoms with Gasteiger partial charge >= 0.3 is 0 Å². The highest BCUT2D eigenvalue weighted by molar-refractivity contribution is 7.88. The summed E-state index contributed by atoms with van der Waals surface area (Å²) in [6.07, 6.45) is 5.06. The third kappa shape index (κ3) is 3.73. The van der Waals surface area contributed by atoms with Crippen molar-refractivity contribution in [2.24, 2.45) is 5.92 Å². The number of aromatic nitrogens is 4. The largest absolute Gasteiger partial charge is 0.229 e. The molecule has 108 valence electrons. The number of sulfonamides is 1. The minimum absolute atomic E-state index is 0.294. The van der Waals surface area contributed by atoms with Gasteiger partial charge in [0.25, 0.3) is 0 Å². The van der Waals surface area contributed by atoms with Crippen LogP contribution >= 0.6 is 0 Å². The number of nitrogens with zero attached hydrogens (tertiary/aromatic N) is 5. The van der Waals surface area contributed by atoms with Gasteiger partial charge in [-0.05, 0) is 35.6 Å². The first-order valence-corrected chi connectivity index (χ1v) is 8.55. The van der Waals surface area contributed by atoms with Gasteiger partial charge in [-0.3, -0.25) is 0 Å². The average molecular weight is 287 g/mol. The fourth-order valence-corrected chi connectivity index (χ4v) is 3.43. The molecule has 19 heavy (non-hydrogen) atoms. The maximum Gasteiger partial charge on any atom is 0.211 e. The summed E-state index contributed by atoms with van der Waals surface area (Å²) >= 11 is 0. The Bertz CT molecular complexity index is 513. The van der Waals surface area contributed by atoms with Gasteiger partial charge in [0.15, 0.2) is 5.82 Å². The Morgan fingerprint density at radius 2 is 2.21 bits per heavy atom. The van der Waals surface area contributed by atoms with Crippen LogP contribution in [-0.2, 0) is 23.0 Å². The first-order chi connectivity index (χ1) is 9.00. The molecule has 0 N–H and O–H groups in total. The molecule has 0 saturated carbocycles. The maximum atomic E-state index is 11.6. The first kappa shape index (κ1) is 14.4. The minimum Gasteiger partial charge on any atom is -0.229 e. The predicted octanol–water partition coefficient (Wildman–Crippen LogP) is 0.297. The topological polar surface area (TPSA) is 81.0 Å². The second-order valence-electron chi connectivity index (χ2n) is 5.16. The molecule has 2 heterocycles. The summed E-state index contributed by atoms with van der Waals surface area (Å²) in [5, 5.41) is 11.7. The molecule has 8 heteroatoms. The van der Waals surface area contributed by atoms with Crippen molar-refractivity contribution in [3.8, 4) is 0 Å². The highest BCUT2D eigenvalue weighted by Crippen LogP contribution is 2.20. The van der Waals surface area contributed by atoms with Gasteiger partial charge in [0.2, 0.25) is 10.0 Å². The van der Waals surface area contributed by atoms with E-state index < -0.39 is 10.0 Å². The quantitative estimate of drug-likeness (QED) is 0.778. The number of tetrazole rings is 1. The van der Waals surface area contributed by atoms with Crippen molar-refractivity contribution < 1.29 is 8.42 Å². The zero-order chi connectivity index (χ0) is 13.9. The summed E-state index contributed by atoms with van der Waals surface area (Å²) in [5.41, 5.74) is 0. The Balaban J connectivity index is 2.01. The van der Waals surface area contributed by atoms with Crippen LogP contribution in [0.1, 0.15) is 32.0 Å². The van der Waals surface area contributed by atoms with Gasteiger partial charge in [-0.25, -0.2) is 17.4 Å². The zero-order valence-corrected chi connectivity index (χ0v) is 12.3. The Morgan fingerprint density at radius 3 is 2.89 bits per heavy atom.